The number of carbonyl (C=O) groups excluding carboxylic acids is 1. The number of allylic oxidation sites excluding steroid dienone is 1. The number of ether oxygens (including phenoxy) is 1. The number of amides is 1. The van der Waals surface area contributed by atoms with E-state index in [-0.39, 0.29) is 23.3 Å². The molecule has 6 rings (SSSR count). The Morgan fingerprint density at radius 3 is 2.67 bits per heavy atom. The number of benzene rings is 2. The van der Waals surface area contributed by atoms with Crippen LogP contribution in [0.15, 0.2) is 66.5 Å². The Bertz CT molecular complexity index is 1670. The number of nitriles is 1. The highest BCUT2D eigenvalue weighted by Gasteiger charge is 2.32. The predicted octanol–water partition coefficient (Wildman–Crippen LogP) is 5.94. The molecule has 1 aliphatic carbocycles. The van der Waals surface area contributed by atoms with Gasteiger partial charge in [-0.1, -0.05) is 24.3 Å². The first-order chi connectivity index (χ1) is 19.4. The van der Waals surface area contributed by atoms with Crippen molar-refractivity contribution in [3.05, 3.63) is 78.0 Å². The molecule has 9 heteroatoms. The van der Waals surface area contributed by atoms with Crippen LogP contribution < -0.4 is 10.5 Å². The van der Waals surface area contributed by atoms with Crippen molar-refractivity contribution in [2.45, 2.75) is 38.6 Å². The van der Waals surface area contributed by atoms with Crippen LogP contribution in [0.3, 0.4) is 0 Å². The minimum absolute atomic E-state index is 0.118. The molecule has 2 N–H and O–H groups in total. The van der Waals surface area contributed by atoms with Crippen molar-refractivity contribution in [1.82, 2.24) is 19.4 Å². The zero-order valence-corrected chi connectivity index (χ0v) is 22.2. The number of fused-ring (bicyclic) bond motifs is 1. The number of hydrogen-bond donors (Lipinski definition) is 1. The fourth-order valence-electron chi connectivity index (χ4n) is 5.61. The second-order valence-electron chi connectivity index (χ2n) is 10.4. The molecule has 0 radical (unpaired) electrons. The molecule has 40 heavy (non-hydrogen) atoms. The first-order valence-corrected chi connectivity index (χ1v) is 13.5. The Morgan fingerprint density at radius 2 is 1.95 bits per heavy atom. The number of hydrogen-bond acceptors (Lipinski definition) is 6. The van der Waals surface area contributed by atoms with Gasteiger partial charge in [0.1, 0.15) is 46.8 Å². The van der Waals surface area contributed by atoms with Crippen LogP contribution in [0.2, 0.25) is 0 Å². The Hall–Kier alpha value is -4.71. The highest BCUT2D eigenvalue weighted by Crippen LogP contribution is 2.41. The smallest absolute Gasteiger partial charge is 0.264 e. The normalized spacial score (nSPS) is 17.6. The van der Waals surface area contributed by atoms with E-state index in [0.717, 1.165) is 31.4 Å². The lowest BCUT2D eigenvalue weighted by Gasteiger charge is -2.34. The molecule has 1 amide bonds. The van der Waals surface area contributed by atoms with E-state index < -0.39 is 5.82 Å². The number of nitrogen functional groups attached to an aromatic ring is 1. The van der Waals surface area contributed by atoms with Crippen LogP contribution in [0.4, 0.5) is 10.2 Å². The van der Waals surface area contributed by atoms with Crippen molar-refractivity contribution in [3.63, 3.8) is 0 Å². The van der Waals surface area contributed by atoms with Crippen LogP contribution in [0, 0.1) is 30.0 Å². The average molecular weight is 537 g/mol. The summed E-state index contributed by atoms with van der Waals surface area (Å²) in [6.45, 7) is 2.92. The van der Waals surface area contributed by atoms with Crippen molar-refractivity contribution < 1.29 is 13.9 Å². The molecule has 1 aliphatic heterocycles. The number of para-hydroxylation sites is 1. The molecule has 0 unspecified atom stereocenters. The summed E-state index contributed by atoms with van der Waals surface area (Å²) in [7, 11) is 0. The lowest BCUT2D eigenvalue weighted by molar-refractivity contribution is -0.128. The van der Waals surface area contributed by atoms with E-state index in [4.69, 9.17) is 10.5 Å². The van der Waals surface area contributed by atoms with E-state index >= 15 is 4.39 Å². The zero-order chi connectivity index (χ0) is 27.8. The summed E-state index contributed by atoms with van der Waals surface area (Å²) < 4.78 is 23.5. The molecular formula is C31H29FN6O2. The second kappa shape index (κ2) is 10.5. The van der Waals surface area contributed by atoms with Crippen LogP contribution in [0.1, 0.15) is 37.4 Å². The second-order valence-corrected chi connectivity index (χ2v) is 10.4. The molecule has 3 heterocycles. The zero-order valence-electron chi connectivity index (χ0n) is 22.2. The summed E-state index contributed by atoms with van der Waals surface area (Å²) in [5.74, 6) is 0.894. The van der Waals surface area contributed by atoms with Gasteiger partial charge in [0.25, 0.3) is 5.91 Å². The highest BCUT2D eigenvalue weighted by molar-refractivity contribution is 6.02. The van der Waals surface area contributed by atoms with Gasteiger partial charge >= 0.3 is 0 Å². The number of nitrogens with zero attached hydrogens (tertiary/aromatic N) is 5. The van der Waals surface area contributed by atoms with Crippen molar-refractivity contribution in [2.75, 3.05) is 18.8 Å². The van der Waals surface area contributed by atoms with Crippen LogP contribution in [0.25, 0.3) is 22.2 Å². The summed E-state index contributed by atoms with van der Waals surface area (Å²) >= 11 is 0. The molecule has 2 aromatic heterocycles. The maximum absolute atomic E-state index is 15.7. The standard InChI is InChI=1S/C31H29FN6O2/c1-19-27(25-12-11-24(15-26(25)32)40-23-7-3-2-4-8-23)28-29(34)35-18-36-30(28)38(19)22-6-5-13-37(17-22)31(39)21(16-33)14-20-9-10-20/h2-4,7-8,11-12,14-15,18,20,22H,5-6,9-10,13,17H2,1H3,(H2,34,35,36)/b21-14+/t22-/m0/s1. The SMILES string of the molecule is Cc1c(-c2ccc(Oc3ccccc3)cc2F)c2c(N)ncnc2n1[C@H]1CCCN(C(=O)/C(C#N)=C/C2CC2)C1. The Balaban J connectivity index is 1.37. The quantitative estimate of drug-likeness (QED) is 0.241. The number of anilines is 1. The maximum atomic E-state index is 15.7. The van der Waals surface area contributed by atoms with Gasteiger partial charge in [-0.25, -0.2) is 14.4 Å². The van der Waals surface area contributed by atoms with E-state index in [1.54, 1.807) is 29.2 Å². The topological polar surface area (TPSA) is 110 Å². The van der Waals surface area contributed by atoms with Gasteiger partial charge in [-0.3, -0.25) is 4.79 Å². The van der Waals surface area contributed by atoms with Crippen LogP contribution in [0.5, 0.6) is 11.5 Å². The monoisotopic (exact) mass is 536 g/mol. The predicted molar refractivity (Wildman–Crippen MR) is 150 cm³/mol. The third-order valence-electron chi connectivity index (χ3n) is 7.67. The van der Waals surface area contributed by atoms with Gasteiger partial charge in [0.15, 0.2) is 0 Å². The Morgan fingerprint density at radius 1 is 1.15 bits per heavy atom. The fourth-order valence-corrected chi connectivity index (χ4v) is 5.61. The minimum atomic E-state index is -0.455. The van der Waals surface area contributed by atoms with Crippen molar-refractivity contribution in [2.24, 2.45) is 5.92 Å². The number of aromatic nitrogens is 3. The summed E-state index contributed by atoms with van der Waals surface area (Å²) in [5.41, 5.74) is 8.93. The van der Waals surface area contributed by atoms with Gasteiger partial charge < -0.3 is 19.9 Å². The largest absolute Gasteiger partial charge is 0.457 e. The van der Waals surface area contributed by atoms with Crippen LogP contribution in [-0.4, -0.2) is 38.4 Å². The first kappa shape index (κ1) is 25.6. The number of carbonyl (C=O) groups is 1. The molecule has 1 saturated heterocycles. The fraction of sp³-hybridized carbons (Fsp3) is 0.290. The molecule has 1 atom stereocenters. The molecule has 2 aromatic carbocycles. The Kier molecular flexibility index (Phi) is 6.68. The molecule has 4 aromatic rings. The van der Waals surface area contributed by atoms with Gasteiger partial charge in [0.2, 0.25) is 0 Å². The number of rotatable bonds is 6. The molecule has 202 valence electrons. The molecule has 0 spiro atoms. The van der Waals surface area contributed by atoms with Crippen LogP contribution in [-0.2, 0) is 4.79 Å². The molecule has 0 bridgehead atoms. The number of piperidine rings is 1. The van der Waals surface area contributed by atoms with Gasteiger partial charge in [0.05, 0.1) is 11.4 Å². The summed E-state index contributed by atoms with van der Waals surface area (Å²) in [6.07, 6.45) is 6.83. The molecular weight excluding hydrogens is 507 g/mol. The lowest BCUT2D eigenvalue weighted by atomic mass is 10.0. The highest BCUT2D eigenvalue weighted by atomic mass is 19.1. The number of nitrogens with two attached hydrogens (primary N) is 1. The maximum Gasteiger partial charge on any atom is 0.264 e. The van der Waals surface area contributed by atoms with Gasteiger partial charge in [-0.15, -0.1) is 0 Å². The molecule has 2 aliphatic rings. The third-order valence-corrected chi connectivity index (χ3v) is 7.67. The van der Waals surface area contributed by atoms with Crippen molar-refractivity contribution in [1.29, 1.82) is 5.26 Å². The van der Waals surface area contributed by atoms with E-state index in [1.807, 2.05) is 35.8 Å². The number of likely N-dealkylation sites (tertiary alicyclic amines) is 1. The van der Waals surface area contributed by atoms with E-state index in [2.05, 4.69) is 16.0 Å². The van der Waals surface area contributed by atoms with Crippen molar-refractivity contribution >= 4 is 22.8 Å². The summed E-state index contributed by atoms with van der Waals surface area (Å²) in [4.78, 5) is 23.7. The van der Waals surface area contributed by atoms with E-state index in [9.17, 15) is 10.1 Å². The molecule has 2 fully saturated rings. The summed E-state index contributed by atoms with van der Waals surface area (Å²) in [5, 5.41) is 10.2. The van der Waals surface area contributed by atoms with Crippen LogP contribution >= 0.6 is 0 Å². The summed E-state index contributed by atoms with van der Waals surface area (Å²) in [6, 6.07) is 16.0. The van der Waals surface area contributed by atoms with Gasteiger partial charge in [-0.05, 0) is 62.8 Å². The van der Waals surface area contributed by atoms with Gasteiger partial charge in [0, 0.05) is 36.0 Å². The molecule has 1 saturated carbocycles. The third kappa shape index (κ3) is 4.77. The molecule has 8 nitrogen and oxygen atoms in total. The van der Waals surface area contributed by atoms with E-state index in [1.165, 1.54) is 12.4 Å². The van der Waals surface area contributed by atoms with E-state index in [0.29, 0.717) is 52.7 Å². The first-order valence-electron chi connectivity index (χ1n) is 13.5. The Labute approximate surface area is 231 Å². The van der Waals surface area contributed by atoms with Crippen molar-refractivity contribution in [3.8, 4) is 28.7 Å². The van der Waals surface area contributed by atoms with Gasteiger partial charge in [-0.2, -0.15) is 5.26 Å². The minimum Gasteiger partial charge on any atom is -0.457 e. The average Bonchev–Trinajstić information content (AvgIpc) is 3.74. The lowest BCUT2D eigenvalue weighted by Crippen LogP contribution is -2.41. The number of halogens is 1.